The van der Waals surface area contributed by atoms with E-state index in [1.165, 1.54) is 4.90 Å². The number of methoxy groups -OCH3 is 2. The molecule has 0 aliphatic carbocycles. The molecule has 0 spiro atoms. The van der Waals surface area contributed by atoms with Crippen LogP contribution in [0, 0.1) is 5.92 Å². The Morgan fingerprint density at radius 3 is 2.53 bits per heavy atom. The third-order valence-corrected chi connectivity index (χ3v) is 5.66. The molecule has 30 heavy (non-hydrogen) atoms. The second-order valence-corrected chi connectivity index (χ2v) is 7.51. The van der Waals surface area contributed by atoms with Gasteiger partial charge in [-0.1, -0.05) is 12.1 Å². The number of rotatable bonds is 7. The molecule has 0 aromatic heterocycles. The largest absolute Gasteiger partial charge is 0.497 e. The first-order valence-corrected chi connectivity index (χ1v) is 10.2. The summed E-state index contributed by atoms with van der Waals surface area (Å²) in [6.45, 7) is 3.58. The van der Waals surface area contributed by atoms with Crippen LogP contribution in [-0.4, -0.2) is 80.7 Å². The Labute approximate surface area is 176 Å². The van der Waals surface area contributed by atoms with Crippen molar-refractivity contribution in [3.05, 3.63) is 29.8 Å². The van der Waals surface area contributed by atoms with Crippen LogP contribution in [0.5, 0.6) is 5.75 Å². The highest BCUT2D eigenvalue weighted by atomic mass is 16.5. The van der Waals surface area contributed by atoms with Crippen molar-refractivity contribution in [3.8, 4) is 5.75 Å². The summed E-state index contributed by atoms with van der Waals surface area (Å²) in [5, 5.41) is 5.66. The van der Waals surface area contributed by atoms with Gasteiger partial charge < -0.3 is 29.9 Å². The van der Waals surface area contributed by atoms with Crippen LogP contribution < -0.4 is 15.4 Å². The van der Waals surface area contributed by atoms with Gasteiger partial charge in [-0.15, -0.1) is 0 Å². The van der Waals surface area contributed by atoms with Crippen LogP contribution >= 0.6 is 0 Å². The minimum absolute atomic E-state index is 0.00695. The molecule has 0 bridgehead atoms. The normalized spacial score (nSPS) is 23.2. The van der Waals surface area contributed by atoms with E-state index in [0.717, 1.165) is 5.56 Å². The lowest BCUT2D eigenvalue weighted by atomic mass is 9.92. The van der Waals surface area contributed by atoms with Gasteiger partial charge >= 0.3 is 6.03 Å². The Bertz CT molecular complexity index is 769. The Kier molecular flexibility index (Phi) is 7.15. The number of carbonyl (C=O) groups is 3. The van der Waals surface area contributed by atoms with Crippen molar-refractivity contribution in [2.75, 3.05) is 47.0 Å². The van der Waals surface area contributed by atoms with E-state index in [-0.39, 0.29) is 36.5 Å². The van der Waals surface area contributed by atoms with E-state index in [1.54, 1.807) is 19.1 Å². The first kappa shape index (κ1) is 21.9. The second-order valence-electron chi connectivity index (χ2n) is 7.51. The predicted molar refractivity (Wildman–Crippen MR) is 110 cm³/mol. The summed E-state index contributed by atoms with van der Waals surface area (Å²) < 4.78 is 10.3. The molecule has 0 unspecified atom stereocenters. The maximum absolute atomic E-state index is 13.1. The van der Waals surface area contributed by atoms with Gasteiger partial charge in [-0.05, 0) is 31.0 Å². The number of hydrogen-bond acceptors (Lipinski definition) is 5. The zero-order valence-corrected chi connectivity index (χ0v) is 17.7. The number of carbonyl (C=O) groups excluding carboxylic acids is 3. The summed E-state index contributed by atoms with van der Waals surface area (Å²) in [7, 11) is 3.17. The van der Waals surface area contributed by atoms with E-state index in [9.17, 15) is 14.4 Å². The third-order valence-electron chi connectivity index (χ3n) is 5.66. The average Bonchev–Trinajstić information content (AvgIpc) is 3.14. The van der Waals surface area contributed by atoms with Crippen LogP contribution in [-0.2, 0) is 14.3 Å². The molecule has 2 saturated heterocycles. The standard InChI is InChI=1S/C21H30N4O5/c1-4-22-21(28)24-12-15-11-17(20(27)23-9-10-29-2)19(25(15)18(26)13-24)14-5-7-16(30-3)8-6-14/h5-8,15,17,19H,4,9-13H2,1-3H3,(H,22,28)(H,23,27)/t15-,17-,19-/m0/s1. The monoisotopic (exact) mass is 418 g/mol. The third kappa shape index (κ3) is 4.51. The summed E-state index contributed by atoms with van der Waals surface area (Å²) in [5.41, 5.74) is 0.880. The van der Waals surface area contributed by atoms with Crippen molar-refractivity contribution >= 4 is 17.8 Å². The minimum atomic E-state index is -0.404. The Balaban J connectivity index is 1.86. The molecule has 4 amide bonds. The molecule has 3 rings (SSSR count). The van der Waals surface area contributed by atoms with Gasteiger partial charge in [-0.3, -0.25) is 9.59 Å². The molecular formula is C21H30N4O5. The molecule has 164 valence electrons. The zero-order valence-electron chi connectivity index (χ0n) is 17.7. The number of ether oxygens (including phenoxy) is 2. The molecule has 9 nitrogen and oxygen atoms in total. The van der Waals surface area contributed by atoms with E-state index in [0.29, 0.717) is 38.4 Å². The Morgan fingerprint density at radius 1 is 1.17 bits per heavy atom. The van der Waals surface area contributed by atoms with Crippen molar-refractivity contribution < 1.29 is 23.9 Å². The smallest absolute Gasteiger partial charge is 0.317 e. The fourth-order valence-electron chi connectivity index (χ4n) is 4.31. The van der Waals surface area contributed by atoms with Crippen molar-refractivity contribution in [2.45, 2.75) is 25.4 Å². The molecular weight excluding hydrogens is 388 g/mol. The fraction of sp³-hybridized carbons (Fsp3) is 0.571. The van der Waals surface area contributed by atoms with Gasteiger partial charge in [0.15, 0.2) is 0 Å². The summed E-state index contributed by atoms with van der Waals surface area (Å²) in [6, 6.07) is 6.61. The molecule has 9 heteroatoms. The Morgan fingerprint density at radius 2 is 1.90 bits per heavy atom. The van der Waals surface area contributed by atoms with Gasteiger partial charge in [0.25, 0.3) is 0 Å². The van der Waals surface area contributed by atoms with Crippen LogP contribution in [0.4, 0.5) is 4.79 Å². The maximum atomic E-state index is 13.1. The summed E-state index contributed by atoms with van der Waals surface area (Å²) in [4.78, 5) is 41.6. The number of nitrogens with zero attached hydrogens (tertiary/aromatic N) is 2. The molecule has 2 N–H and O–H groups in total. The highest BCUT2D eigenvalue weighted by molar-refractivity contribution is 5.88. The molecule has 2 aliphatic rings. The molecule has 1 aromatic carbocycles. The fourth-order valence-corrected chi connectivity index (χ4v) is 4.31. The SMILES string of the molecule is CCNC(=O)N1CC(=O)N2[C@@H](C[C@H](C(=O)NCCOC)[C@@H]2c2ccc(OC)cc2)C1. The molecule has 0 saturated carbocycles. The summed E-state index contributed by atoms with van der Waals surface area (Å²) in [5.74, 6) is 0.0466. The average molecular weight is 418 g/mol. The highest BCUT2D eigenvalue weighted by Crippen LogP contribution is 2.43. The lowest BCUT2D eigenvalue weighted by molar-refractivity contribution is -0.139. The van der Waals surface area contributed by atoms with Gasteiger partial charge in [0.2, 0.25) is 11.8 Å². The van der Waals surface area contributed by atoms with Crippen LogP contribution in [0.1, 0.15) is 24.9 Å². The van der Waals surface area contributed by atoms with Gasteiger partial charge in [0.1, 0.15) is 12.3 Å². The zero-order chi connectivity index (χ0) is 21.7. The number of urea groups is 1. The lowest BCUT2D eigenvalue weighted by Gasteiger charge is -2.40. The molecule has 2 fully saturated rings. The summed E-state index contributed by atoms with van der Waals surface area (Å²) in [6.07, 6.45) is 0.497. The number of hydrogen-bond donors (Lipinski definition) is 2. The predicted octanol–water partition coefficient (Wildman–Crippen LogP) is 0.761. The van der Waals surface area contributed by atoms with Gasteiger partial charge in [-0.2, -0.15) is 0 Å². The van der Waals surface area contributed by atoms with Crippen LogP contribution in [0.3, 0.4) is 0 Å². The first-order chi connectivity index (χ1) is 14.5. The topological polar surface area (TPSA) is 100 Å². The van der Waals surface area contributed by atoms with E-state index in [2.05, 4.69) is 10.6 Å². The quantitative estimate of drug-likeness (QED) is 0.637. The van der Waals surface area contributed by atoms with Gasteiger partial charge in [0.05, 0.1) is 31.7 Å². The number of benzene rings is 1. The Hall–Kier alpha value is -2.81. The van der Waals surface area contributed by atoms with Crippen molar-refractivity contribution in [3.63, 3.8) is 0 Å². The molecule has 1 aromatic rings. The van der Waals surface area contributed by atoms with Crippen molar-refractivity contribution in [1.29, 1.82) is 0 Å². The van der Waals surface area contributed by atoms with Crippen molar-refractivity contribution in [1.82, 2.24) is 20.4 Å². The van der Waals surface area contributed by atoms with Crippen LogP contribution in [0.25, 0.3) is 0 Å². The number of nitrogens with one attached hydrogen (secondary N) is 2. The van der Waals surface area contributed by atoms with E-state index in [1.807, 2.05) is 31.2 Å². The van der Waals surface area contributed by atoms with E-state index in [4.69, 9.17) is 9.47 Å². The van der Waals surface area contributed by atoms with Crippen LogP contribution in [0.15, 0.2) is 24.3 Å². The molecule has 0 radical (unpaired) electrons. The molecule has 3 atom stereocenters. The van der Waals surface area contributed by atoms with Gasteiger partial charge in [-0.25, -0.2) is 4.79 Å². The first-order valence-electron chi connectivity index (χ1n) is 10.2. The van der Waals surface area contributed by atoms with Crippen LogP contribution in [0.2, 0.25) is 0 Å². The number of amides is 4. The number of fused-ring (bicyclic) bond motifs is 1. The lowest BCUT2D eigenvalue weighted by Crippen LogP contribution is -2.57. The number of piperazine rings is 1. The molecule has 2 heterocycles. The maximum Gasteiger partial charge on any atom is 0.317 e. The van der Waals surface area contributed by atoms with Crippen molar-refractivity contribution in [2.24, 2.45) is 5.92 Å². The minimum Gasteiger partial charge on any atom is -0.497 e. The highest BCUT2D eigenvalue weighted by Gasteiger charge is 2.50. The summed E-state index contributed by atoms with van der Waals surface area (Å²) >= 11 is 0. The van der Waals surface area contributed by atoms with E-state index < -0.39 is 5.92 Å². The van der Waals surface area contributed by atoms with E-state index >= 15 is 0 Å². The molecule has 2 aliphatic heterocycles. The second kappa shape index (κ2) is 9.80. The van der Waals surface area contributed by atoms with Gasteiger partial charge in [0, 0.05) is 26.7 Å².